The Morgan fingerprint density at radius 3 is 2.53 bits per heavy atom. The van der Waals surface area contributed by atoms with Crippen molar-refractivity contribution >= 4 is 35.1 Å². The van der Waals surface area contributed by atoms with E-state index in [1.807, 2.05) is 19.1 Å². The van der Waals surface area contributed by atoms with Gasteiger partial charge in [-0.05, 0) is 56.4 Å². The summed E-state index contributed by atoms with van der Waals surface area (Å²) >= 11 is 5.94. The van der Waals surface area contributed by atoms with Crippen LogP contribution in [0, 0.1) is 23.7 Å². The Kier molecular flexibility index (Phi) is 8.32. The summed E-state index contributed by atoms with van der Waals surface area (Å²) in [6.07, 6.45) is 5.87. The summed E-state index contributed by atoms with van der Waals surface area (Å²) in [5, 5.41) is 12.5. The van der Waals surface area contributed by atoms with E-state index in [1.54, 1.807) is 36.1 Å². The van der Waals surface area contributed by atoms with Crippen molar-refractivity contribution in [2.24, 2.45) is 23.7 Å². The summed E-state index contributed by atoms with van der Waals surface area (Å²) in [5.41, 5.74) is 0.589. The Morgan fingerprint density at radius 1 is 1.16 bits per heavy atom. The van der Waals surface area contributed by atoms with E-state index in [2.05, 4.69) is 5.32 Å². The molecule has 2 amide bonds. The second-order valence-corrected chi connectivity index (χ2v) is 8.82. The topological polar surface area (TPSA) is 95.9 Å². The molecule has 1 aromatic rings. The molecule has 1 aliphatic carbocycles. The number of benzene rings is 1. The zero-order valence-corrected chi connectivity index (χ0v) is 19.3. The van der Waals surface area contributed by atoms with Crippen LogP contribution in [0.4, 0.5) is 5.69 Å². The van der Waals surface area contributed by atoms with Gasteiger partial charge in [0.2, 0.25) is 11.8 Å². The molecule has 7 nitrogen and oxygen atoms in total. The molecular formula is C24H31ClN2O5. The lowest BCUT2D eigenvalue weighted by Gasteiger charge is -2.32. The van der Waals surface area contributed by atoms with Gasteiger partial charge >= 0.3 is 5.97 Å². The van der Waals surface area contributed by atoms with Crippen LogP contribution in [0.3, 0.4) is 0 Å². The van der Waals surface area contributed by atoms with Crippen molar-refractivity contribution in [1.29, 1.82) is 0 Å². The Balaban J connectivity index is 1.89. The normalized spacial score (nSPS) is 26.7. The summed E-state index contributed by atoms with van der Waals surface area (Å²) in [7, 11) is 0. The number of hydrogen-bond donors (Lipinski definition) is 2. The molecule has 5 atom stereocenters. The van der Waals surface area contributed by atoms with Gasteiger partial charge in [0, 0.05) is 29.8 Å². The van der Waals surface area contributed by atoms with Crippen molar-refractivity contribution in [3.05, 3.63) is 41.4 Å². The predicted octanol–water partition coefficient (Wildman–Crippen LogP) is 3.27. The Morgan fingerprint density at radius 2 is 1.88 bits per heavy atom. The third-order valence-electron chi connectivity index (χ3n) is 6.27. The smallest absolute Gasteiger partial charge is 0.310 e. The van der Waals surface area contributed by atoms with Gasteiger partial charge in [-0.1, -0.05) is 30.7 Å². The second-order valence-electron chi connectivity index (χ2n) is 8.38. The van der Waals surface area contributed by atoms with E-state index in [9.17, 15) is 14.4 Å². The number of nitrogens with zero attached hydrogens (tertiary/aromatic N) is 1. The first-order valence-corrected chi connectivity index (χ1v) is 11.6. The number of esters is 1. The van der Waals surface area contributed by atoms with Crippen LogP contribution in [0.5, 0.6) is 0 Å². The zero-order chi connectivity index (χ0) is 23.3. The number of amides is 2. The number of carbonyl (C=O) groups is 3. The van der Waals surface area contributed by atoms with E-state index in [0.29, 0.717) is 30.1 Å². The number of rotatable bonds is 9. The molecule has 2 N–H and O–H groups in total. The molecule has 8 heteroatoms. The van der Waals surface area contributed by atoms with Gasteiger partial charge in [-0.15, -0.1) is 0 Å². The number of likely N-dealkylation sites (tertiary alicyclic amines) is 1. The number of allylic oxidation sites excluding steroid dienone is 1. The van der Waals surface area contributed by atoms with Crippen molar-refractivity contribution in [2.75, 3.05) is 25.1 Å². The monoisotopic (exact) mass is 462 g/mol. The fourth-order valence-corrected chi connectivity index (χ4v) is 4.88. The molecule has 32 heavy (non-hydrogen) atoms. The van der Waals surface area contributed by atoms with E-state index >= 15 is 0 Å². The third kappa shape index (κ3) is 5.15. The van der Waals surface area contributed by atoms with Crippen LogP contribution in [0.15, 0.2) is 36.4 Å². The van der Waals surface area contributed by atoms with Gasteiger partial charge in [0.05, 0.1) is 18.4 Å². The highest BCUT2D eigenvalue weighted by Gasteiger charge is 2.56. The SMILES string of the molecule is CCOC(=O)[C@H]1[C@@H]2C(=O)N(CCCCCO)[C@H](C(=O)Nc3ccc(Cl)cc3)[C@H]2C=C[C@H]1C. The molecule has 174 valence electrons. The van der Waals surface area contributed by atoms with Crippen LogP contribution in [-0.4, -0.2) is 53.6 Å². The van der Waals surface area contributed by atoms with Crippen molar-refractivity contribution in [3.63, 3.8) is 0 Å². The molecule has 0 aromatic heterocycles. The number of nitrogens with one attached hydrogen (secondary N) is 1. The molecule has 0 radical (unpaired) electrons. The number of aliphatic hydroxyl groups excluding tert-OH is 1. The van der Waals surface area contributed by atoms with E-state index in [1.165, 1.54) is 0 Å². The molecule has 1 heterocycles. The van der Waals surface area contributed by atoms with Crippen molar-refractivity contribution in [1.82, 2.24) is 4.90 Å². The zero-order valence-electron chi connectivity index (χ0n) is 18.5. The maximum Gasteiger partial charge on any atom is 0.310 e. The highest BCUT2D eigenvalue weighted by atomic mass is 35.5. The number of unbranched alkanes of at least 4 members (excludes halogenated alkanes) is 2. The van der Waals surface area contributed by atoms with Gasteiger partial charge in [-0.25, -0.2) is 0 Å². The fraction of sp³-hybridized carbons (Fsp3) is 0.542. The average Bonchev–Trinajstić information content (AvgIpc) is 3.04. The first-order chi connectivity index (χ1) is 15.4. The van der Waals surface area contributed by atoms with Crippen LogP contribution >= 0.6 is 11.6 Å². The number of hydrogen-bond acceptors (Lipinski definition) is 5. The Labute approximate surface area is 193 Å². The molecule has 1 aliphatic heterocycles. The average molecular weight is 463 g/mol. The van der Waals surface area contributed by atoms with E-state index in [-0.39, 0.29) is 30.9 Å². The molecule has 1 fully saturated rings. The standard InChI is InChI=1S/C24H31ClN2O5/c1-3-32-24(31)19-15(2)7-12-18-20(19)23(30)27(13-5-4-6-14-28)21(18)22(29)26-17-10-8-16(25)9-11-17/h7-12,15,18-21,28H,3-6,13-14H2,1-2H3,(H,26,29)/t15-,18+,19-,20-,21+/m1/s1. The lowest BCUT2D eigenvalue weighted by molar-refractivity contribution is -0.155. The number of ether oxygens (including phenoxy) is 1. The van der Waals surface area contributed by atoms with Gasteiger partial charge in [0.15, 0.2) is 0 Å². The summed E-state index contributed by atoms with van der Waals surface area (Å²) in [4.78, 5) is 41.2. The number of halogens is 1. The summed E-state index contributed by atoms with van der Waals surface area (Å²) in [5.74, 6) is -2.71. The highest BCUT2D eigenvalue weighted by molar-refractivity contribution is 6.30. The van der Waals surface area contributed by atoms with Crippen LogP contribution in [0.2, 0.25) is 5.02 Å². The van der Waals surface area contributed by atoms with Gasteiger partial charge < -0.3 is 20.1 Å². The van der Waals surface area contributed by atoms with Gasteiger partial charge in [-0.2, -0.15) is 0 Å². The Bertz CT molecular complexity index is 856. The summed E-state index contributed by atoms with van der Waals surface area (Å²) in [6, 6.07) is 6.06. The quantitative estimate of drug-likeness (QED) is 0.333. The largest absolute Gasteiger partial charge is 0.466 e. The van der Waals surface area contributed by atoms with E-state index < -0.39 is 29.8 Å². The van der Waals surface area contributed by atoms with Crippen LogP contribution in [0.1, 0.15) is 33.1 Å². The fourth-order valence-electron chi connectivity index (χ4n) is 4.75. The number of anilines is 1. The van der Waals surface area contributed by atoms with Crippen molar-refractivity contribution < 1.29 is 24.2 Å². The maximum atomic E-state index is 13.5. The van der Waals surface area contributed by atoms with Gasteiger partial charge in [0.1, 0.15) is 6.04 Å². The maximum absolute atomic E-state index is 13.5. The minimum Gasteiger partial charge on any atom is -0.466 e. The van der Waals surface area contributed by atoms with Crippen LogP contribution in [-0.2, 0) is 19.1 Å². The molecule has 0 unspecified atom stereocenters. The van der Waals surface area contributed by atoms with Gasteiger partial charge in [-0.3, -0.25) is 14.4 Å². The van der Waals surface area contributed by atoms with Crippen LogP contribution in [0.25, 0.3) is 0 Å². The molecule has 0 bridgehead atoms. The second kappa shape index (κ2) is 11.0. The Hall–Kier alpha value is -2.38. The number of carbonyl (C=O) groups excluding carboxylic acids is 3. The molecule has 1 saturated heterocycles. The molecular weight excluding hydrogens is 432 g/mol. The van der Waals surface area contributed by atoms with E-state index in [4.69, 9.17) is 21.4 Å². The highest BCUT2D eigenvalue weighted by Crippen LogP contribution is 2.44. The molecule has 1 aromatic carbocycles. The number of aliphatic hydroxyl groups is 1. The minimum atomic E-state index is -0.724. The van der Waals surface area contributed by atoms with E-state index in [0.717, 1.165) is 6.42 Å². The first-order valence-electron chi connectivity index (χ1n) is 11.2. The number of fused-ring (bicyclic) bond motifs is 1. The molecule has 2 aliphatic rings. The lowest BCUT2D eigenvalue weighted by Crippen LogP contribution is -2.44. The predicted molar refractivity (Wildman–Crippen MR) is 122 cm³/mol. The van der Waals surface area contributed by atoms with Gasteiger partial charge in [0.25, 0.3) is 0 Å². The third-order valence-corrected chi connectivity index (χ3v) is 6.52. The molecule has 3 rings (SSSR count). The summed E-state index contributed by atoms with van der Waals surface area (Å²) in [6.45, 7) is 4.36. The lowest BCUT2D eigenvalue weighted by atomic mass is 9.70. The molecule has 0 saturated carbocycles. The van der Waals surface area contributed by atoms with Crippen molar-refractivity contribution in [2.45, 2.75) is 39.2 Å². The molecule has 0 spiro atoms. The minimum absolute atomic E-state index is 0.0882. The first kappa shape index (κ1) is 24.3. The summed E-state index contributed by atoms with van der Waals surface area (Å²) < 4.78 is 5.27. The van der Waals surface area contributed by atoms with Crippen LogP contribution < -0.4 is 5.32 Å². The van der Waals surface area contributed by atoms with Crippen molar-refractivity contribution in [3.8, 4) is 0 Å².